The maximum Gasteiger partial charge on any atom is 0.188 e. The van der Waals surface area contributed by atoms with E-state index in [9.17, 15) is 0 Å². The number of hydrogen-bond acceptors (Lipinski definition) is 3. The lowest BCUT2D eigenvalue weighted by atomic mass is 10.1. The molecule has 3 aromatic rings. The van der Waals surface area contributed by atoms with Crippen molar-refractivity contribution in [3.8, 4) is 28.9 Å². The summed E-state index contributed by atoms with van der Waals surface area (Å²) in [4.78, 5) is 0. The number of ether oxygens (including phenoxy) is 1. The van der Waals surface area contributed by atoms with Crippen molar-refractivity contribution >= 4 is 11.6 Å². The number of nitrogens with zero attached hydrogens (tertiary/aromatic N) is 1. The summed E-state index contributed by atoms with van der Waals surface area (Å²) in [5.41, 5.74) is 2.33. The molecule has 0 aliphatic carbocycles. The van der Waals surface area contributed by atoms with Crippen molar-refractivity contribution in [3.63, 3.8) is 0 Å². The van der Waals surface area contributed by atoms with E-state index >= 15 is 0 Å². The Bertz CT molecular complexity index is 827. The molecule has 0 aliphatic heterocycles. The molecule has 4 heteroatoms. The Labute approximate surface area is 133 Å². The molecule has 0 spiro atoms. The van der Waals surface area contributed by atoms with Crippen LogP contribution in [0.15, 0.2) is 59.1 Å². The Kier molecular flexibility index (Phi) is 4.13. The molecule has 0 aliphatic rings. The molecule has 0 fully saturated rings. The largest absolute Gasteiger partial charge is 0.497 e. The van der Waals surface area contributed by atoms with E-state index in [0.29, 0.717) is 11.3 Å². The molecule has 1 aromatic heterocycles. The summed E-state index contributed by atoms with van der Waals surface area (Å²) in [7, 11) is 1.63. The monoisotopic (exact) mass is 309 g/mol. The van der Waals surface area contributed by atoms with E-state index in [-0.39, 0.29) is 5.15 Å². The van der Waals surface area contributed by atoms with Crippen molar-refractivity contribution in [1.29, 1.82) is 0 Å². The summed E-state index contributed by atoms with van der Waals surface area (Å²) in [5.74, 6) is 7.46. The van der Waals surface area contributed by atoms with Crippen molar-refractivity contribution < 1.29 is 9.26 Å². The first-order chi connectivity index (χ1) is 10.8. The number of methoxy groups -OCH3 is 1. The van der Waals surface area contributed by atoms with Gasteiger partial charge < -0.3 is 9.26 Å². The zero-order chi connectivity index (χ0) is 15.4. The molecule has 0 N–H and O–H groups in total. The Balaban J connectivity index is 1.96. The fourth-order valence-corrected chi connectivity index (χ4v) is 2.14. The van der Waals surface area contributed by atoms with Gasteiger partial charge in [-0.3, -0.25) is 0 Å². The van der Waals surface area contributed by atoms with Crippen LogP contribution in [0, 0.1) is 11.8 Å². The second-order valence-corrected chi connectivity index (χ2v) is 4.88. The normalized spacial score (nSPS) is 9.91. The van der Waals surface area contributed by atoms with Crippen molar-refractivity contribution in [2.45, 2.75) is 0 Å². The molecule has 0 amide bonds. The molecule has 0 bridgehead atoms. The number of benzene rings is 2. The molecule has 0 atom stereocenters. The maximum atomic E-state index is 6.08. The topological polar surface area (TPSA) is 35.3 Å². The van der Waals surface area contributed by atoms with Gasteiger partial charge in [0.2, 0.25) is 0 Å². The van der Waals surface area contributed by atoms with Gasteiger partial charge >= 0.3 is 0 Å². The van der Waals surface area contributed by atoms with E-state index in [2.05, 4.69) is 17.0 Å². The van der Waals surface area contributed by atoms with Crippen LogP contribution in [0.25, 0.3) is 11.3 Å². The average Bonchev–Trinajstić information content (AvgIpc) is 2.95. The lowest BCUT2D eigenvalue weighted by molar-refractivity contribution is 0.415. The third-order valence-corrected chi connectivity index (χ3v) is 3.37. The van der Waals surface area contributed by atoms with Gasteiger partial charge in [-0.05, 0) is 24.3 Å². The van der Waals surface area contributed by atoms with Crippen molar-refractivity contribution in [2.24, 2.45) is 0 Å². The summed E-state index contributed by atoms with van der Waals surface area (Å²) in [6.07, 6.45) is 0. The minimum Gasteiger partial charge on any atom is -0.497 e. The number of hydrogen-bond donors (Lipinski definition) is 0. The van der Waals surface area contributed by atoms with Crippen molar-refractivity contribution in [1.82, 2.24) is 5.16 Å². The summed E-state index contributed by atoms with van der Waals surface area (Å²) in [6, 6.07) is 17.1. The van der Waals surface area contributed by atoms with Crippen LogP contribution in [0.2, 0.25) is 5.15 Å². The van der Waals surface area contributed by atoms with E-state index in [1.54, 1.807) is 7.11 Å². The van der Waals surface area contributed by atoms with E-state index in [1.165, 1.54) is 0 Å². The van der Waals surface area contributed by atoms with Gasteiger partial charge in [0.1, 0.15) is 11.3 Å². The van der Waals surface area contributed by atoms with E-state index in [4.69, 9.17) is 20.9 Å². The van der Waals surface area contributed by atoms with Gasteiger partial charge in [0.25, 0.3) is 0 Å². The minimum absolute atomic E-state index is 0.264. The molecule has 3 rings (SSSR count). The molecular weight excluding hydrogens is 298 g/mol. The van der Waals surface area contributed by atoms with Gasteiger partial charge in [0.05, 0.1) is 7.11 Å². The third-order valence-electron chi connectivity index (χ3n) is 3.11. The Morgan fingerprint density at radius 2 is 1.73 bits per heavy atom. The average molecular weight is 310 g/mol. The molecule has 22 heavy (non-hydrogen) atoms. The van der Waals surface area contributed by atoms with Crippen LogP contribution in [0.4, 0.5) is 0 Å². The number of rotatable bonds is 2. The second kappa shape index (κ2) is 6.38. The highest BCUT2D eigenvalue weighted by Crippen LogP contribution is 2.28. The van der Waals surface area contributed by atoms with Crippen LogP contribution < -0.4 is 4.74 Å². The van der Waals surface area contributed by atoms with Crippen LogP contribution in [-0.2, 0) is 0 Å². The molecule has 0 saturated heterocycles. The van der Waals surface area contributed by atoms with E-state index < -0.39 is 0 Å². The highest BCUT2D eigenvalue weighted by Gasteiger charge is 2.14. The Morgan fingerprint density at radius 3 is 2.41 bits per heavy atom. The Morgan fingerprint density at radius 1 is 1.00 bits per heavy atom. The molecule has 0 unspecified atom stereocenters. The predicted molar refractivity (Wildman–Crippen MR) is 85.9 cm³/mol. The molecule has 1 heterocycles. The van der Waals surface area contributed by atoms with Crippen molar-refractivity contribution in [3.05, 3.63) is 70.9 Å². The standard InChI is InChI=1S/C18H12ClNO2/c1-21-15-10-7-13(8-11-15)9-12-16-17(22-20-18(16)19)14-5-3-2-4-6-14/h2-8,10-11H,1H3. The molecule has 3 nitrogen and oxygen atoms in total. The molecule has 0 saturated carbocycles. The lowest BCUT2D eigenvalue weighted by Crippen LogP contribution is -1.82. The van der Waals surface area contributed by atoms with Crippen molar-refractivity contribution in [2.75, 3.05) is 7.11 Å². The molecule has 108 valence electrons. The lowest BCUT2D eigenvalue weighted by Gasteiger charge is -1.97. The first kappa shape index (κ1) is 14.2. The Hall–Kier alpha value is -2.70. The van der Waals surface area contributed by atoms with E-state index in [1.807, 2.05) is 54.6 Å². The molecular formula is C18H12ClNO2. The van der Waals surface area contributed by atoms with Crippen LogP contribution >= 0.6 is 11.6 Å². The predicted octanol–water partition coefficient (Wildman–Crippen LogP) is 4.40. The van der Waals surface area contributed by atoms with Crippen LogP contribution in [0.3, 0.4) is 0 Å². The fraction of sp³-hybridized carbons (Fsp3) is 0.0556. The number of halogens is 1. The summed E-state index contributed by atoms with van der Waals surface area (Å²) in [5, 5.41) is 4.06. The zero-order valence-corrected chi connectivity index (χ0v) is 12.6. The van der Waals surface area contributed by atoms with Gasteiger partial charge in [-0.15, -0.1) is 0 Å². The van der Waals surface area contributed by atoms with Crippen LogP contribution in [0.5, 0.6) is 5.75 Å². The molecule has 2 aromatic carbocycles. The van der Waals surface area contributed by atoms with Crippen LogP contribution in [0.1, 0.15) is 11.1 Å². The SMILES string of the molecule is COc1ccc(C#Cc2c(Cl)noc2-c2ccccc2)cc1. The van der Waals surface area contributed by atoms with Gasteiger partial charge in [-0.25, -0.2) is 0 Å². The summed E-state index contributed by atoms with van der Waals surface area (Å²) in [6.45, 7) is 0. The molecule has 0 radical (unpaired) electrons. The quantitative estimate of drug-likeness (QED) is 0.658. The smallest absolute Gasteiger partial charge is 0.188 e. The van der Waals surface area contributed by atoms with E-state index in [0.717, 1.165) is 16.9 Å². The first-order valence-electron chi connectivity index (χ1n) is 6.64. The number of aromatic nitrogens is 1. The van der Waals surface area contributed by atoms with Gasteiger partial charge in [0.15, 0.2) is 10.9 Å². The zero-order valence-electron chi connectivity index (χ0n) is 11.8. The summed E-state index contributed by atoms with van der Waals surface area (Å²) < 4.78 is 10.4. The fourth-order valence-electron chi connectivity index (χ4n) is 1.97. The van der Waals surface area contributed by atoms with Gasteiger partial charge in [0, 0.05) is 11.1 Å². The van der Waals surface area contributed by atoms with Gasteiger partial charge in [-0.1, -0.05) is 58.9 Å². The van der Waals surface area contributed by atoms with Crippen LogP contribution in [-0.4, -0.2) is 12.3 Å². The maximum absolute atomic E-state index is 6.08. The third kappa shape index (κ3) is 2.98. The summed E-state index contributed by atoms with van der Waals surface area (Å²) >= 11 is 6.08. The highest BCUT2D eigenvalue weighted by molar-refractivity contribution is 6.30. The first-order valence-corrected chi connectivity index (χ1v) is 7.02. The minimum atomic E-state index is 0.264. The second-order valence-electron chi connectivity index (χ2n) is 4.52. The van der Waals surface area contributed by atoms with Gasteiger partial charge in [-0.2, -0.15) is 0 Å². The highest BCUT2D eigenvalue weighted by atomic mass is 35.5.